The van der Waals surface area contributed by atoms with Crippen molar-refractivity contribution in [2.45, 2.75) is 25.7 Å². The van der Waals surface area contributed by atoms with Crippen LogP contribution < -0.4 is 0 Å². The number of rotatable bonds is 3. The number of aromatic nitrogens is 1. The SMILES string of the molecule is CCN1CCC(c2nc(-c3ccccc3)cs2)CC1. The van der Waals surface area contributed by atoms with E-state index in [4.69, 9.17) is 4.98 Å². The summed E-state index contributed by atoms with van der Waals surface area (Å²) in [5.74, 6) is 0.672. The van der Waals surface area contributed by atoms with E-state index in [9.17, 15) is 0 Å². The smallest absolute Gasteiger partial charge is 0.0964 e. The van der Waals surface area contributed by atoms with Crippen LogP contribution in [0.25, 0.3) is 11.3 Å². The molecule has 0 radical (unpaired) electrons. The highest BCUT2D eigenvalue weighted by molar-refractivity contribution is 7.10. The molecule has 0 spiro atoms. The van der Waals surface area contributed by atoms with Gasteiger partial charge < -0.3 is 4.90 Å². The lowest BCUT2D eigenvalue weighted by atomic mass is 9.97. The van der Waals surface area contributed by atoms with Crippen LogP contribution in [-0.4, -0.2) is 29.5 Å². The van der Waals surface area contributed by atoms with Crippen molar-refractivity contribution in [2.75, 3.05) is 19.6 Å². The van der Waals surface area contributed by atoms with Crippen LogP contribution in [0.5, 0.6) is 0 Å². The van der Waals surface area contributed by atoms with Gasteiger partial charge in [0.2, 0.25) is 0 Å². The van der Waals surface area contributed by atoms with Crippen LogP contribution in [0.3, 0.4) is 0 Å². The van der Waals surface area contributed by atoms with E-state index >= 15 is 0 Å². The maximum Gasteiger partial charge on any atom is 0.0964 e. The Morgan fingerprint density at radius 3 is 2.63 bits per heavy atom. The summed E-state index contributed by atoms with van der Waals surface area (Å²) in [7, 11) is 0. The van der Waals surface area contributed by atoms with E-state index in [1.807, 2.05) is 11.3 Å². The summed E-state index contributed by atoms with van der Waals surface area (Å²) >= 11 is 1.83. The van der Waals surface area contributed by atoms with E-state index < -0.39 is 0 Å². The molecule has 0 aliphatic carbocycles. The summed E-state index contributed by atoms with van der Waals surface area (Å²) in [4.78, 5) is 7.39. The second-order valence-electron chi connectivity index (χ2n) is 5.15. The van der Waals surface area contributed by atoms with Crippen LogP contribution in [0.2, 0.25) is 0 Å². The van der Waals surface area contributed by atoms with Crippen LogP contribution in [0.15, 0.2) is 35.7 Å². The third-order valence-electron chi connectivity index (χ3n) is 3.98. The number of piperidine rings is 1. The summed E-state index contributed by atoms with van der Waals surface area (Å²) in [6.07, 6.45) is 2.52. The minimum Gasteiger partial charge on any atom is -0.304 e. The Balaban J connectivity index is 1.72. The Kier molecular flexibility index (Phi) is 3.95. The lowest BCUT2D eigenvalue weighted by Gasteiger charge is -2.29. The van der Waals surface area contributed by atoms with Gasteiger partial charge in [-0.05, 0) is 32.5 Å². The topological polar surface area (TPSA) is 16.1 Å². The van der Waals surface area contributed by atoms with Gasteiger partial charge in [-0.25, -0.2) is 4.98 Å². The van der Waals surface area contributed by atoms with Gasteiger partial charge in [0, 0.05) is 16.9 Å². The first-order chi connectivity index (χ1) is 9.36. The molecule has 1 aliphatic rings. The van der Waals surface area contributed by atoms with Crippen molar-refractivity contribution in [3.63, 3.8) is 0 Å². The third-order valence-corrected chi connectivity index (χ3v) is 4.98. The minimum atomic E-state index is 0.672. The van der Waals surface area contributed by atoms with Gasteiger partial charge in [0.1, 0.15) is 0 Å². The van der Waals surface area contributed by atoms with E-state index in [1.165, 1.54) is 43.0 Å². The standard InChI is InChI=1S/C16H20N2S/c1-2-18-10-8-14(9-11-18)16-17-15(12-19-16)13-6-4-3-5-7-13/h3-7,12,14H,2,8-11H2,1H3. The molecule has 3 heteroatoms. The number of hydrogen-bond acceptors (Lipinski definition) is 3. The van der Waals surface area contributed by atoms with Crippen molar-refractivity contribution < 1.29 is 0 Å². The quantitative estimate of drug-likeness (QED) is 0.839. The molecule has 0 atom stereocenters. The van der Waals surface area contributed by atoms with Crippen molar-refractivity contribution in [3.8, 4) is 11.3 Å². The number of nitrogens with zero attached hydrogens (tertiary/aromatic N) is 2. The maximum absolute atomic E-state index is 4.86. The van der Waals surface area contributed by atoms with E-state index in [1.54, 1.807) is 0 Å². The number of thiazole rings is 1. The molecular formula is C16H20N2S. The third kappa shape index (κ3) is 2.88. The first kappa shape index (κ1) is 12.8. The van der Waals surface area contributed by atoms with E-state index in [0.717, 1.165) is 5.69 Å². The molecule has 0 unspecified atom stereocenters. The fourth-order valence-corrected chi connectivity index (χ4v) is 3.71. The fourth-order valence-electron chi connectivity index (χ4n) is 2.71. The molecule has 1 aromatic heterocycles. The summed E-state index contributed by atoms with van der Waals surface area (Å²) in [5, 5.41) is 3.53. The molecule has 0 N–H and O–H groups in total. The molecule has 2 nitrogen and oxygen atoms in total. The van der Waals surface area contributed by atoms with Crippen LogP contribution in [0.4, 0.5) is 0 Å². The predicted octanol–water partition coefficient (Wildman–Crippen LogP) is 4.01. The second-order valence-corrected chi connectivity index (χ2v) is 6.04. The van der Waals surface area contributed by atoms with Crippen LogP contribution in [0.1, 0.15) is 30.7 Å². The van der Waals surface area contributed by atoms with Gasteiger partial charge in [-0.1, -0.05) is 37.3 Å². The largest absolute Gasteiger partial charge is 0.304 e. The first-order valence-electron chi connectivity index (χ1n) is 7.10. The molecule has 1 fully saturated rings. The monoisotopic (exact) mass is 272 g/mol. The fraction of sp³-hybridized carbons (Fsp3) is 0.438. The molecular weight excluding hydrogens is 252 g/mol. The highest BCUT2D eigenvalue weighted by atomic mass is 32.1. The molecule has 0 bridgehead atoms. The van der Waals surface area contributed by atoms with E-state index in [2.05, 4.69) is 47.5 Å². The van der Waals surface area contributed by atoms with Gasteiger partial charge in [-0.3, -0.25) is 0 Å². The second kappa shape index (κ2) is 5.85. The number of likely N-dealkylation sites (tertiary alicyclic amines) is 1. The summed E-state index contributed by atoms with van der Waals surface area (Å²) in [6.45, 7) is 5.87. The zero-order valence-electron chi connectivity index (χ0n) is 11.4. The van der Waals surface area contributed by atoms with Crippen molar-refractivity contribution in [2.24, 2.45) is 0 Å². The molecule has 100 valence electrons. The molecule has 1 aromatic carbocycles. The van der Waals surface area contributed by atoms with Crippen LogP contribution in [0, 0.1) is 0 Å². The van der Waals surface area contributed by atoms with Gasteiger partial charge >= 0.3 is 0 Å². The van der Waals surface area contributed by atoms with E-state index in [-0.39, 0.29) is 0 Å². The van der Waals surface area contributed by atoms with Crippen LogP contribution >= 0.6 is 11.3 Å². The zero-order valence-corrected chi connectivity index (χ0v) is 12.2. The Morgan fingerprint density at radius 2 is 1.95 bits per heavy atom. The highest BCUT2D eigenvalue weighted by Gasteiger charge is 2.22. The molecule has 1 aliphatic heterocycles. The van der Waals surface area contributed by atoms with E-state index in [0.29, 0.717) is 5.92 Å². The van der Waals surface area contributed by atoms with Gasteiger partial charge in [-0.2, -0.15) is 0 Å². The highest BCUT2D eigenvalue weighted by Crippen LogP contribution is 2.32. The molecule has 0 saturated carbocycles. The lowest BCUT2D eigenvalue weighted by molar-refractivity contribution is 0.222. The summed E-state index contributed by atoms with van der Waals surface area (Å²) in [5.41, 5.74) is 2.37. The average Bonchev–Trinajstić information content (AvgIpc) is 2.98. The molecule has 1 saturated heterocycles. The lowest BCUT2D eigenvalue weighted by Crippen LogP contribution is -2.32. The zero-order chi connectivity index (χ0) is 13.1. The molecule has 2 heterocycles. The Bertz CT molecular complexity index is 513. The maximum atomic E-state index is 4.86. The molecule has 0 amide bonds. The number of benzene rings is 1. The molecule has 3 rings (SSSR count). The Hall–Kier alpha value is -1.19. The van der Waals surface area contributed by atoms with Gasteiger partial charge in [0.15, 0.2) is 0 Å². The minimum absolute atomic E-state index is 0.672. The van der Waals surface area contributed by atoms with Crippen molar-refractivity contribution in [3.05, 3.63) is 40.7 Å². The van der Waals surface area contributed by atoms with Gasteiger partial charge in [0.25, 0.3) is 0 Å². The predicted molar refractivity (Wildman–Crippen MR) is 81.6 cm³/mol. The normalized spacial score (nSPS) is 17.7. The van der Waals surface area contributed by atoms with Crippen molar-refractivity contribution in [1.82, 2.24) is 9.88 Å². The van der Waals surface area contributed by atoms with Crippen molar-refractivity contribution in [1.29, 1.82) is 0 Å². The summed E-state index contributed by atoms with van der Waals surface area (Å²) < 4.78 is 0. The van der Waals surface area contributed by atoms with Gasteiger partial charge in [-0.15, -0.1) is 11.3 Å². The Morgan fingerprint density at radius 1 is 1.21 bits per heavy atom. The molecule has 19 heavy (non-hydrogen) atoms. The summed E-state index contributed by atoms with van der Waals surface area (Å²) in [6, 6.07) is 10.5. The number of hydrogen-bond donors (Lipinski definition) is 0. The Labute approximate surface area is 119 Å². The molecule has 2 aromatic rings. The van der Waals surface area contributed by atoms with Crippen molar-refractivity contribution >= 4 is 11.3 Å². The first-order valence-corrected chi connectivity index (χ1v) is 7.98. The average molecular weight is 272 g/mol. The van der Waals surface area contributed by atoms with Gasteiger partial charge in [0.05, 0.1) is 10.7 Å². The van der Waals surface area contributed by atoms with Crippen LogP contribution in [-0.2, 0) is 0 Å².